The van der Waals surface area contributed by atoms with Crippen molar-refractivity contribution in [3.8, 4) is 0 Å². The number of anilines is 1. The maximum Gasteiger partial charge on any atom is 0.178 e. The van der Waals surface area contributed by atoms with Gasteiger partial charge in [0.25, 0.3) is 0 Å². The molecule has 3 atom stereocenters. The van der Waals surface area contributed by atoms with Gasteiger partial charge in [-0.2, -0.15) is 0 Å². The molecule has 2 saturated heterocycles. The van der Waals surface area contributed by atoms with E-state index in [1.165, 1.54) is 5.39 Å². The number of nitrogens with one attached hydrogen (secondary N) is 1. The Morgan fingerprint density at radius 2 is 2.11 bits per heavy atom. The van der Waals surface area contributed by atoms with Crippen molar-refractivity contribution in [3.63, 3.8) is 0 Å². The van der Waals surface area contributed by atoms with Crippen LogP contribution >= 0.6 is 0 Å². The number of nitrogens with zero attached hydrogens (tertiary/aromatic N) is 1. The Bertz CT molecular complexity index is 596. The molecule has 1 aromatic heterocycles. The van der Waals surface area contributed by atoms with Crippen molar-refractivity contribution in [1.82, 2.24) is 4.98 Å². The van der Waals surface area contributed by atoms with Gasteiger partial charge in [0.2, 0.25) is 0 Å². The molecule has 2 aliphatic rings. The summed E-state index contributed by atoms with van der Waals surface area (Å²) in [5.41, 5.74) is 0. The zero-order chi connectivity index (χ0) is 12.7. The van der Waals surface area contributed by atoms with Crippen LogP contribution in [0.25, 0.3) is 10.8 Å². The first-order chi connectivity index (χ1) is 9.40. The third-order valence-corrected chi connectivity index (χ3v) is 3.90. The van der Waals surface area contributed by atoms with E-state index in [0.29, 0.717) is 6.10 Å². The van der Waals surface area contributed by atoms with Gasteiger partial charge >= 0.3 is 0 Å². The van der Waals surface area contributed by atoms with E-state index in [2.05, 4.69) is 22.4 Å². The monoisotopic (exact) mass is 256 g/mol. The minimum atomic E-state index is -0.125. The highest BCUT2D eigenvalue weighted by Crippen LogP contribution is 2.30. The summed E-state index contributed by atoms with van der Waals surface area (Å²) in [7, 11) is 0. The molecule has 2 fully saturated rings. The van der Waals surface area contributed by atoms with Crippen molar-refractivity contribution in [2.45, 2.75) is 31.3 Å². The second-order valence-corrected chi connectivity index (χ2v) is 5.17. The molecule has 0 aliphatic carbocycles. The summed E-state index contributed by atoms with van der Waals surface area (Å²) >= 11 is 0. The average Bonchev–Trinajstić information content (AvgIpc) is 2.85. The zero-order valence-corrected chi connectivity index (χ0v) is 10.6. The molecule has 0 spiro atoms. The molecular formula is C15H16N2O2. The van der Waals surface area contributed by atoms with Crippen molar-refractivity contribution in [2.75, 3.05) is 11.9 Å². The van der Waals surface area contributed by atoms with E-state index >= 15 is 0 Å². The van der Waals surface area contributed by atoms with Crippen LogP contribution in [0.1, 0.15) is 12.8 Å². The molecule has 2 bridgehead atoms. The van der Waals surface area contributed by atoms with Crippen LogP contribution < -0.4 is 5.32 Å². The van der Waals surface area contributed by atoms with E-state index in [1.807, 2.05) is 24.4 Å². The highest BCUT2D eigenvalue weighted by Gasteiger charge is 2.38. The molecule has 4 rings (SSSR count). The van der Waals surface area contributed by atoms with Crippen LogP contribution in [0, 0.1) is 0 Å². The summed E-state index contributed by atoms with van der Waals surface area (Å²) in [6.07, 6.45) is 4.13. The van der Waals surface area contributed by atoms with Crippen molar-refractivity contribution < 1.29 is 9.47 Å². The summed E-state index contributed by atoms with van der Waals surface area (Å²) in [4.78, 5) is 4.46. The molecule has 2 aliphatic heterocycles. The summed E-state index contributed by atoms with van der Waals surface area (Å²) in [5.74, 6) is 0.917. The smallest absolute Gasteiger partial charge is 0.178 e. The molecule has 1 aromatic carbocycles. The molecule has 98 valence electrons. The lowest BCUT2D eigenvalue weighted by atomic mass is 10.1. The highest BCUT2D eigenvalue weighted by molar-refractivity contribution is 5.91. The Hall–Kier alpha value is -1.65. The Morgan fingerprint density at radius 1 is 1.16 bits per heavy atom. The van der Waals surface area contributed by atoms with Crippen LogP contribution in [0.5, 0.6) is 0 Å². The van der Waals surface area contributed by atoms with Crippen molar-refractivity contribution in [1.29, 1.82) is 0 Å². The van der Waals surface area contributed by atoms with E-state index in [9.17, 15) is 0 Å². The first kappa shape index (κ1) is 11.2. The second-order valence-electron chi connectivity index (χ2n) is 5.17. The third kappa shape index (κ3) is 1.97. The van der Waals surface area contributed by atoms with Gasteiger partial charge in [0.15, 0.2) is 6.29 Å². The van der Waals surface area contributed by atoms with Gasteiger partial charge in [0.05, 0.1) is 18.8 Å². The summed E-state index contributed by atoms with van der Waals surface area (Å²) < 4.78 is 11.4. The van der Waals surface area contributed by atoms with E-state index in [4.69, 9.17) is 9.47 Å². The number of rotatable bonds is 2. The molecule has 0 radical (unpaired) electrons. The van der Waals surface area contributed by atoms with Crippen molar-refractivity contribution in [3.05, 3.63) is 36.5 Å². The van der Waals surface area contributed by atoms with Gasteiger partial charge in [-0.1, -0.05) is 24.3 Å². The summed E-state index contributed by atoms with van der Waals surface area (Å²) in [5, 5.41) is 5.83. The fraction of sp³-hybridized carbons (Fsp3) is 0.400. The Balaban J connectivity index is 1.64. The molecular weight excluding hydrogens is 240 g/mol. The molecule has 4 heteroatoms. The molecule has 3 heterocycles. The van der Waals surface area contributed by atoms with Crippen LogP contribution in [-0.4, -0.2) is 30.0 Å². The van der Waals surface area contributed by atoms with Gasteiger partial charge < -0.3 is 14.8 Å². The van der Waals surface area contributed by atoms with Crippen LogP contribution in [0.15, 0.2) is 36.5 Å². The maximum atomic E-state index is 5.78. The molecule has 0 unspecified atom stereocenters. The van der Waals surface area contributed by atoms with Crippen LogP contribution in [0.4, 0.5) is 5.82 Å². The molecule has 0 saturated carbocycles. The summed E-state index contributed by atoms with van der Waals surface area (Å²) in [6.45, 7) is 0.728. The van der Waals surface area contributed by atoms with Crippen LogP contribution in [-0.2, 0) is 9.47 Å². The van der Waals surface area contributed by atoms with Gasteiger partial charge in [0.1, 0.15) is 5.82 Å². The molecule has 4 nitrogen and oxygen atoms in total. The number of hydrogen-bond donors (Lipinski definition) is 1. The molecule has 2 aromatic rings. The lowest BCUT2D eigenvalue weighted by molar-refractivity contribution is -0.0895. The number of fused-ring (bicyclic) bond motifs is 3. The van der Waals surface area contributed by atoms with E-state index < -0.39 is 0 Å². The largest absolute Gasteiger partial charge is 0.362 e. The standard InChI is InChI=1S/C15H16N2O2/c1-2-4-12-10(3-1)7-8-16-14(12)17-13-6-5-11-9-18-15(13)19-11/h1-4,7-8,11,13,15H,5-6,9H2,(H,16,17)/t11-,13+,15+/m0/s1. The lowest BCUT2D eigenvalue weighted by Gasteiger charge is -2.28. The van der Waals surface area contributed by atoms with Gasteiger partial charge in [-0.05, 0) is 24.3 Å². The van der Waals surface area contributed by atoms with E-state index in [0.717, 1.165) is 30.7 Å². The van der Waals surface area contributed by atoms with Crippen LogP contribution in [0.2, 0.25) is 0 Å². The average molecular weight is 256 g/mol. The molecule has 1 N–H and O–H groups in total. The number of hydrogen-bond acceptors (Lipinski definition) is 4. The second kappa shape index (κ2) is 4.47. The number of benzene rings is 1. The quantitative estimate of drug-likeness (QED) is 0.896. The van der Waals surface area contributed by atoms with Crippen molar-refractivity contribution in [2.24, 2.45) is 0 Å². The van der Waals surface area contributed by atoms with Gasteiger partial charge in [0, 0.05) is 11.6 Å². The Morgan fingerprint density at radius 3 is 3.11 bits per heavy atom. The SMILES string of the molecule is c1ccc2c(N[C@@H]3CC[C@H]4CO[C@@H]3O4)nccc2c1. The normalized spacial score (nSPS) is 29.6. The van der Waals surface area contributed by atoms with Gasteiger partial charge in [-0.15, -0.1) is 0 Å². The highest BCUT2D eigenvalue weighted by atomic mass is 16.7. The van der Waals surface area contributed by atoms with Gasteiger partial charge in [-0.25, -0.2) is 4.98 Å². The first-order valence-corrected chi connectivity index (χ1v) is 6.77. The predicted molar refractivity (Wildman–Crippen MR) is 73.0 cm³/mol. The third-order valence-electron chi connectivity index (χ3n) is 3.90. The first-order valence-electron chi connectivity index (χ1n) is 6.77. The lowest BCUT2D eigenvalue weighted by Crippen LogP contribution is -2.38. The number of aromatic nitrogens is 1. The Labute approximate surface area is 111 Å². The minimum absolute atomic E-state index is 0.125. The van der Waals surface area contributed by atoms with E-state index in [-0.39, 0.29) is 12.3 Å². The maximum absolute atomic E-state index is 5.78. The fourth-order valence-electron chi connectivity index (χ4n) is 2.88. The number of pyridine rings is 1. The topological polar surface area (TPSA) is 43.4 Å². The number of ether oxygens (including phenoxy) is 2. The van der Waals surface area contributed by atoms with Crippen molar-refractivity contribution >= 4 is 16.6 Å². The van der Waals surface area contributed by atoms with Crippen LogP contribution in [0.3, 0.4) is 0 Å². The zero-order valence-electron chi connectivity index (χ0n) is 10.6. The molecule has 0 amide bonds. The van der Waals surface area contributed by atoms with Gasteiger partial charge in [-0.3, -0.25) is 0 Å². The summed E-state index contributed by atoms with van der Waals surface area (Å²) in [6, 6.07) is 10.5. The van der Waals surface area contributed by atoms with E-state index in [1.54, 1.807) is 0 Å². The minimum Gasteiger partial charge on any atom is -0.362 e. The molecule has 19 heavy (non-hydrogen) atoms. The predicted octanol–water partition coefficient (Wildman–Crippen LogP) is 2.55. The fourth-order valence-corrected chi connectivity index (χ4v) is 2.88. The Kier molecular flexibility index (Phi) is 2.64.